The standard InChI is InChI=1S/C23H29N3O3S2/c1-31-13-11-21(23(28)29)25-22(27)19-10-9-17(24-15-18-8-5-12-26(18)30)14-20(19)16-6-3-2-4-7-16/h2-4,6-7,9-10,14,18,21,24,30H,5,8,11-13,15H2,1H3,(H,25,27)(H,28,29)/t18-,21-/m0/s1. The molecule has 3 rings (SSSR count). The van der Waals surface area contributed by atoms with E-state index in [0.29, 0.717) is 23.8 Å². The van der Waals surface area contributed by atoms with Gasteiger partial charge in [0.15, 0.2) is 0 Å². The maximum absolute atomic E-state index is 13.0. The molecule has 0 aromatic heterocycles. The maximum atomic E-state index is 13.0. The zero-order valence-corrected chi connectivity index (χ0v) is 19.3. The monoisotopic (exact) mass is 459 g/mol. The Hall–Kier alpha value is -2.16. The normalized spacial score (nSPS) is 17.3. The number of anilines is 1. The van der Waals surface area contributed by atoms with Crippen molar-refractivity contribution in [2.24, 2.45) is 0 Å². The first-order chi connectivity index (χ1) is 15.0. The van der Waals surface area contributed by atoms with E-state index in [-0.39, 0.29) is 5.91 Å². The third-order valence-corrected chi connectivity index (χ3v) is 6.62. The Morgan fingerprint density at radius 2 is 2.03 bits per heavy atom. The number of thioether (sulfide) groups is 1. The van der Waals surface area contributed by atoms with Crippen molar-refractivity contribution in [1.29, 1.82) is 0 Å². The fourth-order valence-electron chi connectivity index (χ4n) is 3.70. The molecule has 3 N–H and O–H groups in total. The van der Waals surface area contributed by atoms with Crippen molar-refractivity contribution in [2.45, 2.75) is 31.3 Å². The number of nitrogens with one attached hydrogen (secondary N) is 2. The van der Waals surface area contributed by atoms with Crippen LogP contribution < -0.4 is 10.6 Å². The lowest BCUT2D eigenvalue weighted by Gasteiger charge is -2.20. The second kappa shape index (κ2) is 11.5. The second-order valence-electron chi connectivity index (χ2n) is 7.61. The van der Waals surface area contributed by atoms with Crippen LogP contribution in [-0.2, 0) is 4.79 Å². The molecule has 0 bridgehead atoms. The molecule has 2 aromatic carbocycles. The summed E-state index contributed by atoms with van der Waals surface area (Å²) in [6, 6.07) is 14.7. The number of carbonyl (C=O) groups excluding carboxylic acids is 1. The Balaban J connectivity index is 1.83. The van der Waals surface area contributed by atoms with Crippen molar-refractivity contribution < 1.29 is 14.7 Å². The molecule has 1 aliphatic rings. The van der Waals surface area contributed by atoms with Gasteiger partial charge in [-0.05, 0) is 60.6 Å². The van der Waals surface area contributed by atoms with E-state index in [1.165, 1.54) is 0 Å². The number of carboxylic acid groups (broad SMARTS) is 1. The molecule has 2 aromatic rings. The Labute approximate surface area is 193 Å². The minimum Gasteiger partial charge on any atom is -0.480 e. The Bertz CT molecular complexity index is 895. The van der Waals surface area contributed by atoms with E-state index in [1.807, 2.05) is 48.7 Å². The fourth-order valence-corrected chi connectivity index (χ4v) is 4.51. The van der Waals surface area contributed by atoms with Crippen LogP contribution >= 0.6 is 24.6 Å². The number of nitrogens with zero attached hydrogens (tertiary/aromatic N) is 1. The SMILES string of the molecule is CSCC[C@H](NC(=O)c1ccc(NC[C@@H]2CCCN2S)cc1-c1ccccc1)C(=O)O. The van der Waals surface area contributed by atoms with E-state index in [4.69, 9.17) is 0 Å². The predicted molar refractivity (Wildman–Crippen MR) is 131 cm³/mol. The quantitative estimate of drug-likeness (QED) is 0.402. The van der Waals surface area contributed by atoms with Crippen molar-refractivity contribution in [3.05, 3.63) is 54.1 Å². The Kier molecular flexibility index (Phi) is 8.69. The van der Waals surface area contributed by atoms with Gasteiger partial charge >= 0.3 is 5.97 Å². The molecule has 1 amide bonds. The molecule has 166 valence electrons. The molecule has 6 nitrogen and oxygen atoms in total. The van der Waals surface area contributed by atoms with Gasteiger partial charge in [0.1, 0.15) is 6.04 Å². The fraction of sp³-hybridized carbons (Fsp3) is 0.391. The highest BCUT2D eigenvalue weighted by molar-refractivity contribution is 7.98. The van der Waals surface area contributed by atoms with Gasteiger partial charge in [-0.15, -0.1) is 0 Å². The smallest absolute Gasteiger partial charge is 0.326 e. The Morgan fingerprint density at radius 3 is 2.68 bits per heavy atom. The van der Waals surface area contributed by atoms with Gasteiger partial charge in [-0.3, -0.25) is 4.79 Å². The van der Waals surface area contributed by atoms with Crippen LogP contribution in [-0.4, -0.2) is 58.5 Å². The summed E-state index contributed by atoms with van der Waals surface area (Å²) in [5.41, 5.74) is 3.06. The lowest BCUT2D eigenvalue weighted by Crippen LogP contribution is -2.41. The van der Waals surface area contributed by atoms with Crippen molar-refractivity contribution in [1.82, 2.24) is 9.62 Å². The van der Waals surface area contributed by atoms with E-state index in [1.54, 1.807) is 17.8 Å². The summed E-state index contributed by atoms with van der Waals surface area (Å²) in [5, 5.41) is 15.6. The molecule has 31 heavy (non-hydrogen) atoms. The average molecular weight is 460 g/mol. The topological polar surface area (TPSA) is 81.7 Å². The van der Waals surface area contributed by atoms with Gasteiger partial charge in [0.05, 0.1) is 0 Å². The molecule has 1 aliphatic heterocycles. The number of hydrogen-bond donors (Lipinski definition) is 4. The van der Waals surface area contributed by atoms with E-state index in [9.17, 15) is 14.7 Å². The average Bonchev–Trinajstić information content (AvgIpc) is 3.20. The molecule has 8 heteroatoms. The minimum absolute atomic E-state index is 0.374. The lowest BCUT2D eigenvalue weighted by atomic mass is 9.98. The minimum atomic E-state index is -1.02. The zero-order valence-electron chi connectivity index (χ0n) is 17.6. The van der Waals surface area contributed by atoms with Crippen LogP contribution in [0.3, 0.4) is 0 Å². The molecule has 1 fully saturated rings. The van der Waals surface area contributed by atoms with Crippen LogP contribution in [0.25, 0.3) is 11.1 Å². The number of benzene rings is 2. The third-order valence-electron chi connectivity index (χ3n) is 5.45. The Morgan fingerprint density at radius 1 is 1.26 bits per heavy atom. The first kappa shape index (κ1) is 23.5. The second-order valence-corrected chi connectivity index (χ2v) is 9.11. The lowest BCUT2D eigenvalue weighted by molar-refractivity contribution is -0.139. The van der Waals surface area contributed by atoms with Crippen LogP contribution in [0.1, 0.15) is 29.6 Å². The van der Waals surface area contributed by atoms with Gasteiger partial charge in [0.25, 0.3) is 5.91 Å². The summed E-state index contributed by atoms with van der Waals surface area (Å²) in [7, 11) is 0. The molecular weight excluding hydrogens is 430 g/mol. The first-order valence-corrected chi connectivity index (χ1v) is 12.2. The van der Waals surface area contributed by atoms with Crippen molar-refractivity contribution in [3.63, 3.8) is 0 Å². The van der Waals surface area contributed by atoms with E-state index in [0.717, 1.165) is 42.7 Å². The van der Waals surface area contributed by atoms with Gasteiger partial charge < -0.3 is 15.7 Å². The molecule has 1 heterocycles. The molecule has 0 aliphatic carbocycles. The summed E-state index contributed by atoms with van der Waals surface area (Å²) >= 11 is 6.07. The molecular formula is C23H29N3O3S2. The van der Waals surface area contributed by atoms with Gasteiger partial charge in [0.2, 0.25) is 0 Å². The van der Waals surface area contributed by atoms with Crippen molar-refractivity contribution in [2.75, 3.05) is 30.4 Å². The van der Waals surface area contributed by atoms with Gasteiger partial charge in [0, 0.05) is 30.4 Å². The summed E-state index contributed by atoms with van der Waals surface area (Å²) in [6.45, 7) is 1.77. The van der Waals surface area contributed by atoms with Gasteiger partial charge in [-0.2, -0.15) is 11.8 Å². The maximum Gasteiger partial charge on any atom is 0.326 e. The number of amides is 1. The number of hydrogen-bond acceptors (Lipinski definition) is 6. The first-order valence-electron chi connectivity index (χ1n) is 10.4. The molecule has 0 spiro atoms. The molecule has 0 saturated carbocycles. The summed E-state index contributed by atoms with van der Waals surface area (Å²) in [4.78, 5) is 24.6. The number of carbonyl (C=O) groups is 2. The summed E-state index contributed by atoms with van der Waals surface area (Å²) in [5.74, 6) is -0.735. The van der Waals surface area contributed by atoms with Crippen LogP contribution in [0.15, 0.2) is 48.5 Å². The van der Waals surface area contributed by atoms with Crippen molar-refractivity contribution >= 4 is 42.1 Å². The van der Waals surface area contributed by atoms with Crippen LogP contribution in [0, 0.1) is 0 Å². The molecule has 2 atom stereocenters. The predicted octanol–water partition coefficient (Wildman–Crippen LogP) is 4.01. The van der Waals surface area contributed by atoms with Crippen molar-refractivity contribution in [3.8, 4) is 11.1 Å². The highest BCUT2D eigenvalue weighted by Crippen LogP contribution is 2.28. The summed E-state index contributed by atoms with van der Waals surface area (Å²) in [6.07, 6.45) is 4.54. The highest BCUT2D eigenvalue weighted by Gasteiger charge is 2.23. The molecule has 0 radical (unpaired) electrons. The highest BCUT2D eigenvalue weighted by atomic mass is 32.2. The van der Waals surface area contributed by atoms with Gasteiger partial charge in [-0.1, -0.05) is 43.1 Å². The van der Waals surface area contributed by atoms with E-state index < -0.39 is 12.0 Å². The number of thiol groups is 1. The van der Waals surface area contributed by atoms with Crippen LogP contribution in [0.2, 0.25) is 0 Å². The largest absolute Gasteiger partial charge is 0.480 e. The molecule has 0 unspecified atom stereocenters. The van der Waals surface area contributed by atoms with E-state index in [2.05, 4.69) is 27.8 Å². The number of carboxylic acids is 1. The zero-order chi connectivity index (χ0) is 22.2. The van der Waals surface area contributed by atoms with Gasteiger partial charge in [-0.25, -0.2) is 9.10 Å². The number of aliphatic carboxylic acids is 1. The molecule has 1 saturated heterocycles. The summed E-state index contributed by atoms with van der Waals surface area (Å²) < 4.78 is 2.06. The third kappa shape index (κ3) is 6.41. The number of rotatable bonds is 10. The van der Waals surface area contributed by atoms with Crippen LogP contribution in [0.4, 0.5) is 5.69 Å². The van der Waals surface area contributed by atoms with Crippen LogP contribution in [0.5, 0.6) is 0 Å². The van der Waals surface area contributed by atoms with E-state index >= 15 is 0 Å².